The van der Waals surface area contributed by atoms with E-state index >= 15 is 0 Å². The van der Waals surface area contributed by atoms with Crippen molar-refractivity contribution < 1.29 is 18.8 Å². The summed E-state index contributed by atoms with van der Waals surface area (Å²) in [5, 5.41) is 4.45. The van der Waals surface area contributed by atoms with E-state index < -0.39 is 29.6 Å². The van der Waals surface area contributed by atoms with Gasteiger partial charge in [0.15, 0.2) is 11.6 Å². The van der Waals surface area contributed by atoms with Crippen LogP contribution in [0.4, 0.5) is 10.2 Å². The van der Waals surface area contributed by atoms with Crippen LogP contribution in [0.5, 0.6) is 0 Å². The molecule has 0 bridgehead atoms. The molecule has 20 heavy (non-hydrogen) atoms. The first-order chi connectivity index (χ1) is 9.52. The summed E-state index contributed by atoms with van der Waals surface area (Å²) < 4.78 is 13.8. The lowest BCUT2D eigenvalue weighted by Gasteiger charge is -2.21. The number of imide groups is 1. The van der Waals surface area contributed by atoms with Gasteiger partial charge in [-0.15, -0.1) is 0 Å². The molecule has 0 radical (unpaired) electrons. The Balaban J connectivity index is 2.13. The topological polar surface area (TPSA) is 126 Å². The Morgan fingerprint density at radius 3 is 2.90 bits per heavy atom. The molecule has 1 saturated heterocycles. The number of hydrazine groups is 1. The molecule has 1 atom stereocenters. The van der Waals surface area contributed by atoms with Gasteiger partial charge in [-0.25, -0.2) is 15.2 Å². The van der Waals surface area contributed by atoms with Gasteiger partial charge in [0.25, 0.3) is 5.91 Å². The van der Waals surface area contributed by atoms with Gasteiger partial charge in [0.2, 0.25) is 11.8 Å². The number of carbonyl (C=O) groups excluding carboxylic acids is 3. The van der Waals surface area contributed by atoms with Crippen LogP contribution in [0.1, 0.15) is 23.2 Å². The highest BCUT2D eigenvalue weighted by Crippen LogP contribution is 2.14. The molecule has 0 spiro atoms. The first kappa shape index (κ1) is 13.9. The molecular weight excluding hydrogens is 269 g/mol. The van der Waals surface area contributed by atoms with Crippen LogP contribution in [-0.4, -0.2) is 28.7 Å². The van der Waals surface area contributed by atoms with Crippen molar-refractivity contribution in [3.63, 3.8) is 0 Å². The zero-order chi connectivity index (χ0) is 14.7. The SMILES string of the molecule is NNc1nccc(C(=O)NC2CCC(=O)NC2=O)c1F. The van der Waals surface area contributed by atoms with Crippen LogP contribution < -0.4 is 21.9 Å². The third-order valence-corrected chi connectivity index (χ3v) is 2.82. The van der Waals surface area contributed by atoms with Gasteiger partial charge in [0, 0.05) is 12.6 Å². The number of nitrogens with zero attached hydrogens (tertiary/aromatic N) is 1. The molecule has 0 saturated carbocycles. The van der Waals surface area contributed by atoms with Crippen LogP contribution in [0.2, 0.25) is 0 Å². The Morgan fingerprint density at radius 1 is 1.50 bits per heavy atom. The second-order valence-electron chi connectivity index (χ2n) is 4.14. The van der Waals surface area contributed by atoms with E-state index in [1.54, 1.807) is 0 Å². The van der Waals surface area contributed by atoms with Gasteiger partial charge in [-0.3, -0.25) is 19.7 Å². The van der Waals surface area contributed by atoms with Crippen molar-refractivity contribution in [3.8, 4) is 0 Å². The molecule has 2 heterocycles. The average molecular weight is 281 g/mol. The number of nitrogens with two attached hydrogens (primary N) is 1. The van der Waals surface area contributed by atoms with Gasteiger partial charge in [0.1, 0.15) is 6.04 Å². The summed E-state index contributed by atoms with van der Waals surface area (Å²) >= 11 is 0. The summed E-state index contributed by atoms with van der Waals surface area (Å²) in [5.41, 5.74) is 1.72. The molecule has 3 amide bonds. The normalized spacial score (nSPS) is 18.4. The smallest absolute Gasteiger partial charge is 0.255 e. The molecule has 1 unspecified atom stereocenters. The summed E-state index contributed by atoms with van der Waals surface area (Å²) in [5.74, 6) is 2.07. The molecule has 1 aliphatic rings. The molecule has 1 aliphatic heterocycles. The zero-order valence-corrected chi connectivity index (χ0v) is 10.3. The maximum absolute atomic E-state index is 13.8. The second-order valence-corrected chi connectivity index (χ2v) is 4.14. The Morgan fingerprint density at radius 2 is 2.25 bits per heavy atom. The number of carbonyl (C=O) groups is 3. The van der Waals surface area contributed by atoms with Crippen LogP contribution >= 0.6 is 0 Å². The van der Waals surface area contributed by atoms with Gasteiger partial charge in [0.05, 0.1) is 5.56 Å². The molecule has 9 heteroatoms. The highest BCUT2D eigenvalue weighted by atomic mass is 19.1. The fourth-order valence-electron chi connectivity index (χ4n) is 1.79. The lowest BCUT2D eigenvalue weighted by atomic mass is 10.1. The van der Waals surface area contributed by atoms with Crippen molar-refractivity contribution in [3.05, 3.63) is 23.6 Å². The Bertz CT molecular complexity index is 577. The number of pyridine rings is 1. The zero-order valence-electron chi connectivity index (χ0n) is 10.3. The standard InChI is InChI=1S/C11H12FN5O3/c12-8-5(3-4-14-9(8)17-13)10(19)15-6-1-2-7(18)16-11(6)20/h3-4,6H,1-2,13H2,(H,14,17)(H,15,19)(H,16,18,20). The average Bonchev–Trinajstić information content (AvgIpc) is 2.42. The van der Waals surface area contributed by atoms with Gasteiger partial charge in [-0.05, 0) is 12.5 Å². The molecule has 0 aromatic carbocycles. The number of nitrogens with one attached hydrogen (secondary N) is 3. The van der Waals surface area contributed by atoms with Gasteiger partial charge < -0.3 is 10.7 Å². The summed E-state index contributed by atoms with van der Waals surface area (Å²) in [6.07, 6.45) is 1.49. The van der Waals surface area contributed by atoms with Gasteiger partial charge in [-0.1, -0.05) is 0 Å². The minimum absolute atomic E-state index is 0.116. The number of nitrogen functional groups attached to an aromatic ring is 1. The quantitative estimate of drug-likeness (QED) is 0.321. The lowest BCUT2D eigenvalue weighted by molar-refractivity contribution is -0.134. The number of halogens is 1. The molecule has 5 N–H and O–H groups in total. The van der Waals surface area contributed by atoms with E-state index in [0.29, 0.717) is 0 Å². The first-order valence-corrected chi connectivity index (χ1v) is 5.78. The molecule has 1 fully saturated rings. The van der Waals surface area contributed by atoms with Crippen LogP contribution in [0.15, 0.2) is 12.3 Å². The van der Waals surface area contributed by atoms with E-state index in [4.69, 9.17) is 5.84 Å². The number of amides is 3. The number of aromatic nitrogens is 1. The molecule has 2 rings (SSSR count). The third-order valence-electron chi connectivity index (χ3n) is 2.82. The maximum Gasteiger partial charge on any atom is 0.255 e. The molecule has 0 aliphatic carbocycles. The predicted octanol–water partition coefficient (Wildman–Crippen LogP) is -0.959. The summed E-state index contributed by atoms with van der Waals surface area (Å²) in [6, 6.07) is 0.291. The van der Waals surface area contributed by atoms with Crippen LogP contribution in [0.3, 0.4) is 0 Å². The van der Waals surface area contributed by atoms with E-state index in [0.717, 1.165) is 6.07 Å². The number of hydrogen-bond acceptors (Lipinski definition) is 6. The number of anilines is 1. The van der Waals surface area contributed by atoms with Crippen molar-refractivity contribution in [2.45, 2.75) is 18.9 Å². The lowest BCUT2D eigenvalue weighted by Crippen LogP contribution is -2.52. The fourth-order valence-corrected chi connectivity index (χ4v) is 1.79. The van der Waals surface area contributed by atoms with Crippen molar-refractivity contribution in [1.82, 2.24) is 15.6 Å². The number of piperidine rings is 1. The van der Waals surface area contributed by atoms with Gasteiger partial charge >= 0.3 is 0 Å². The minimum Gasteiger partial charge on any atom is -0.340 e. The third kappa shape index (κ3) is 2.72. The van der Waals surface area contributed by atoms with Crippen LogP contribution in [-0.2, 0) is 9.59 Å². The largest absolute Gasteiger partial charge is 0.340 e. The monoisotopic (exact) mass is 281 g/mol. The Kier molecular flexibility index (Phi) is 3.89. The molecule has 1 aromatic rings. The fraction of sp³-hybridized carbons (Fsp3) is 0.273. The number of rotatable bonds is 3. The summed E-state index contributed by atoms with van der Waals surface area (Å²) in [6.45, 7) is 0. The molecular formula is C11H12FN5O3. The highest BCUT2D eigenvalue weighted by molar-refractivity contribution is 6.04. The number of hydrogen-bond donors (Lipinski definition) is 4. The van der Waals surface area contributed by atoms with E-state index in [1.807, 2.05) is 5.43 Å². The van der Waals surface area contributed by atoms with Crippen LogP contribution in [0.25, 0.3) is 0 Å². The Hall–Kier alpha value is -2.55. The van der Waals surface area contributed by atoms with Crippen molar-refractivity contribution in [2.75, 3.05) is 5.43 Å². The summed E-state index contributed by atoms with van der Waals surface area (Å²) in [7, 11) is 0. The Labute approximate surface area is 112 Å². The van der Waals surface area contributed by atoms with E-state index in [-0.39, 0.29) is 24.2 Å². The minimum atomic E-state index is -0.917. The second kappa shape index (κ2) is 5.61. The van der Waals surface area contributed by atoms with Crippen LogP contribution in [0, 0.1) is 5.82 Å². The van der Waals surface area contributed by atoms with E-state index in [1.165, 1.54) is 6.20 Å². The van der Waals surface area contributed by atoms with Crippen molar-refractivity contribution in [1.29, 1.82) is 0 Å². The molecule has 8 nitrogen and oxygen atoms in total. The van der Waals surface area contributed by atoms with Crippen molar-refractivity contribution >= 4 is 23.5 Å². The molecule has 1 aromatic heterocycles. The highest BCUT2D eigenvalue weighted by Gasteiger charge is 2.29. The maximum atomic E-state index is 13.8. The predicted molar refractivity (Wildman–Crippen MR) is 65.6 cm³/mol. The summed E-state index contributed by atoms with van der Waals surface area (Å²) in [4.78, 5) is 38.0. The molecule has 106 valence electrons. The van der Waals surface area contributed by atoms with E-state index in [9.17, 15) is 18.8 Å². The first-order valence-electron chi connectivity index (χ1n) is 5.78. The van der Waals surface area contributed by atoms with Gasteiger partial charge in [-0.2, -0.15) is 0 Å². The van der Waals surface area contributed by atoms with E-state index in [2.05, 4.69) is 15.6 Å². The van der Waals surface area contributed by atoms with Crippen molar-refractivity contribution in [2.24, 2.45) is 5.84 Å².